The number of sulfonamides is 1. The predicted octanol–water partition coefficient (Wildman–Crippen LogP) is 1.64. The van der Waals surface area contributed by atoms with E-state index in [9.17, 15) is 21.6 Å². The van der Waals surface area contributed by atoms with E-state index in [2.05, 4.69) is 24.8 Å². The van der Waals surface area contributed by atoms with Crippen LogP contribution in [0.4, 0.5) is 19.0 Å². The summed E-state index contributed by atoms with van der Waals surface area (Å²) in [6, 6.07) is 0. The molecule has 8 nitrogen and oxygen atoms in total. The molecule has 23 heavy (non-hydrogen) atoms. The van der Waals surface area contributed by atoms with E-state index in [1.807, 2.05) is 0 Å². The molecule has 0 saturated heterocycles. The molecule has 3 rings (SSSR count). The first kappa shape index (κ1) is 15.6. The van der Waals surface area contributed by atoms with Crippen molar-refractivity contribution < 1.29 is 21.6 Å². The van der Waals surface area contributed by atoms with Crippen LogP contribution in [0, 0.1) is 0 Å². The summed E-state index contributed by atoms with van der Waals surface area (Å²) in [7, 11) is -2.80. The molecule has 0 spiro atoms. The van der Waals surface area contributed by atoms with Crippen LogP contribution >= 0.6 is 11.3 Å². The van der Waals surface area contributed by atoms with Gasteiger partial charge in [-0.2, -0.15) is 26.7 Å². The Bertz CT molecular complexity index is 978. The topological polar surface area (TPSA) is 103 Å². The number of anilines is 1. The average molecular weight is 364 g/mol. The van der Waals surface area contributed by atoms with E-state index in [1.54, 1.807) is 0 Å². The maximum atomic E-state index is 12.5. The van der Waals surface area contributed by atoms with Gasteiger partial charge in [0.25, 0.3) is 10.0 Å². The molecule has 0 saturated carbocycles. The SMILES string of the molecule is Cn1nc(NS(=O)(=O)c2csc(C(F)(F)F)n2)c2nccnc21. The van der Waals surface area contributed by atoms with Crippen LogP contribution < -0.4 is 4.72 Å². The number of aromatic nitrogens is 5. The fourth-order valence-electron chi connectivity index (χ4n) is 1.74. The van der Waals surface area contributed by atoms with Gasteiger partial charge in [-0.15, -0.1) is 11.3 Å². The van der Waals surface area contributed by atoms with E-state index in [0.717, 1.165) is 5.38 Å². The van der Waals surface area contributed by atoms with Crippen molar-refractivity contribution in [2.24, 2.45) is 7.05 Å². The van der Waals surface area contributed by atoms with Crippen molar-refractivity contribution >= 4 is 38.3 Å². The molecule has 3 heterocycles. The first-order valence-corrected chi connectivity index (χ1v) is 8.24. The van der Waals surface area contributed by atoms with Gasteiger partial charge in [0.15, 0.2) is 27.0 Å². The van der Waals surface area contributed by atoms with Gasteiger partial charge in [0.05, 0.1) is 0 Å². The number of nitrogens with one attached hydrogen (secondary N) is 1. The highest BCUT2D eigenvalue weighted by atomic mass is 32.2. The summed E-state index contributed by atoms with van der Waals surface area (Å²) < 4.78 is 65.3. The minimum Gasteiger partial charge on any atom is -0.259 e. The highest BCUT2D eigenvalue weighted by Gasteiger charge is 2.36. The fraction of sp³-hybridized carbons (Fsp3) is 0.200. The number of thiazole rings is 1. The number of fused-ring (bicyclic) bond motifs is 1. The summed E-state index contributed by atoms with van der Waals surface area (Å²) in [6.07, 6.45) is -1.97. The van der Waals surface area contributed by atoms with Gasteiger partial charge in [-0.1, -0.05) is 0 Å². The Kier molecular flexibility index (Phi) is 3.48. The van der Waals surface area contributed by atoms with Crippen LogP contribution in [0.1, 0.15) is 5.01 Å². The molecule has 0 unspecified atom stereocenters. The number of hydrogen-bond donors (Lipinski definition) is 1. The van der Waals surface area contributed by atoms with Crippen LogP contribution in [0.25, 0.3) is 11.2 Å². The van der Waals surface area contributed by atoms with E-state index in [1.165, 1.54) is 24.1 Å². The van der Waals surface area contributed by atoms with Crippen molar-refractivity contribution in [1.82, 2.24) is 24.7 Å². The number of nitrogens with zero attached hydrogens (tertiary/aromatic N) is 5. The van der Waals surface area contributed by atoms with Gasteiger partial charge in [0, 0.05) is 24.8 Å². The minimum absolute atomic E-state index is 0.142. The standard InChI is InChI=1S/C10H7F3N6O2S2/c1-19-8-6(14-2-3-15-8)7(17-19)18-23(20,21)5-4-22-9(16-5)10(11,12)13/h2-4H,1H3,(H,17,18). The third-order valence-corrected chi connectivity index (χ3v) is 4.95. The van der Waals surface area contributed by atoms with E-state index < -0.39 is 26.2 Å². The first-order valence-electron chi connectivity index (χ1n) is 5.88. The second kappa shape index (κ2) is 5.13. The van der Waals surface area contributed by atoms with Crippen LogP contribution in [0.2, 0.25) is 0 Å². The zero-order valence-corrected chi connectivity index (χ0v) is 12.9. The molecule has 0 atom stereocenters. The predicted molar refractivity (Wildman–Crippen MR) is 74.2 cm³/mol. The molecule has 0 radical (unpaired) electrons. The smallest absolute Gasteiger partial charge is 0.259 e. The Morgan fingerprint density at radius 2 is 1.96 bits per heavy atom. The van der Waals surface area contributed by atoms with E-state index in [4.69, 9.17) is 0 Å². The normalized spacial score (nSPS) is 12.7. The van der Waals surface area contributed by atoms with Gasteiger partial charge in [-0.25, -0.2) is 19.6 Å². The lowest BCUT2D eigenvalue weighted by molar-refractivity contribution is -0.137. The van der Waals surface area contributed by atoms with Gasteiger partial charge >= 0.3 is 6.18 Å². The van der Waals surface area contributed by atoms with Crippen LogP contribution in [0.3, 0.4) is 0 Å². The van der Waals surface area contributed by atoms with Crippen LogP contribution in [0.5, 0.6) is 0 Å². The molecule has 0 aromatic carbocycles. The van der Waals surface area contributed by atoms with Crippen molar-refractivity contribution in [1.29, 1.82) is 0 Å². The molecule has 3 aromatic rings. The largest absolute Gasteiger partial charge is 0.443 e. The molecule has 0 fully saturated rings. The number of halogens is 3. The highest BCUT2D eigenvalue weighted by molar-refractivity contribution is 7.92. The Balaban J connectivity index is 1.99. The van der Waals surface area contributed by atoms with Gasteiger partial charge in [0.1, 0.15) is 0 Å². The Morgan fingerprint density at radius 1 is 1.26 bits per heavy atom. The first-order chi connectivity index (χ1) is 10.7. The second-order valence-corrected chi connectivity index (χ2v) is 6.78. The molecule has 0 aliphatic rings. The molecule has 1 N–H and O–H groups in total. The molecule has 3 aromatic heterocycles. The van der Waals surface area contributed by atoms with Crippen LogP contribution in [-0.4, -0.2) is 33.2 Å². The summed E-state index contributed by atoms with van der Waals surface area (Å²) in [5.41, 5.74) is 0.490. The van der Waals surface area contributed by atoms with Gasteiger partial charge in [0.2, 0.25) is 0 Å². The Morgan fingerprint density at radius 3 is 2.61 bits per heavy atom. The summed E-state index contributed by atoms with van der Waals surface area (Å²) in [5, 5.41) is 2.73. The van der Waals surface area contributed by atoms with Crippen molar-refractivity contribution in [3.05, 3.63) is 22.8 Å². The third kappa shape index (κ3) is 2.84. The highest BCUT2D eigenvalue weighted by Crippen LogP contribution is 2.33. The number of rotatable bonds is 3. The number of hydrogen-bond acceptors (Lipinski definition) is 7. The summed E-state index contributed by atoms with van der Waals surface area (Å²) in [6.45, 7) is 0. The van der Waals surface area contributed by atoms with Crippen molar-refractivity contribution in [2.75, 3.05) is 4.72 Å². The average Bonchev–Trinajstić information content (AvgIpc) is 3.06. The summed E-state index contributed by atoms with van der Waals surface area (Å²) in [5.74, 6) is -0.142. The van der Waals surface area contributed by atoms with Crippen molar-refractivity contribution in [2.45, 2.75) is 11.2 Å². The maximum absolute atomic E-state index is 12.5. The van der Waals surface area contributed by atoms with E-state index in [-0.39, 0.29) is 22.7 Å². The zero-order chi connectivity index (χ0) is 16.8. The van der Waals surface area contributed by atoms with Crippen LogP contribution in [-0.2, 0) is 23.2 Å². The summed E-state index contributed by atoms with van der Waals surface area (Å²) >= 11 is 0.194. The fourth-order valence-corrected chi connectivity index (χ4v) is 3.71. The lowest BCUT2D eigenvalue weighted by Crippen LogP contribution is -2.15. The molecule has 0 aliphatic carbocycles. The van der Waals surface area contributed by atoms with E-state index >= 15 is 0 Å². The van der Waals surface area contributed by atoms with Gasteiger partial charge in [-0.3, -0.25) is 4.72 Å². The number of aryl methyl sites for hydroxylation is 1. The van der Waals surface area contributed by atoms with Gasteiger partial charge in [-0.05, 0) is 0 Å². The molecule has 0 bridgehead atoms. The zero-order valence-electron chi connectivity index (χ0n) is 11.2. The molecule has 0 aliphatic heterocycles. The van der Waals surface area contributed by atoms with Gasteiger partial charge < -0.3 is 0 Å². The maximum Gasteiger partial charge on any atom is 0.443 e. The Hall–Kier alpha value is -2.28. The lowest BCUT2D eigenvalue weighted by Gasteiger charge is -2.02. The van der Waals surface area contributed by atoms with Crippen molar-refractivity contribution in [3.8, 4) is 0 Å². The third-order valence-electron chi connectivity index (χ3n) is 2.69. The molecular formula is C10H7F3N6O2S2. The quantitative estimate of drug-likeness (QED) is 0.758. The Labute approximate surface area is 131 Å². The molecule has 13 heteroatoms. The second-order valence-electron chi connectivity index (χ2n) is 4.29. The molecular weight excluding hydrogens is 357 g/mol. The minimum atomic E-state index is -4.71. The number of alkyl halides is 3. The van der Waals surface area contributed by atoms with Crippen molar-refractivity contribution in [3.63, 3.8) is 0 Å². The summed E-state index contributed by atoms with van der Waals surface area (Å²) in [4.78, 5) is 11.0. The monoisotopic (exact) mass is 364 g/mol. The molecule has 122 valence electrons. The lowest BCUT2D eigenvalue weighted by atomic mass is 10.5. The van der Waals surface area contributed by atoms with E-state index in [0.29, 0.717) is 5.65 Å². The van der Waals surface area contributed by atoms with Crippen LogP contribution in [0.15, 0.2) is 22.8 Å². The molecule has 0 amide bonds.